The number of H-pyrrole nitrogens is 1. The molecule has 2 atom stereocenters. The topological polar surface area (TPSA) is 56.3 Å². The molecule has 0 aliphatic carbocycles. The molecule has 0 bridgehead atoms. The molecule has 1 aliphatic heterocycles. The smallest absolute Gasteiger partial charge is 0.328 e. The number of benzene rings is 2. The summed E-state index contributed by atoms with van der Waals surface area (Å²) in [5.41, 5.74) is 0.829. The zero-order valence-electron chi connectivity index (χ0n) is 18.1. The van der Waals surface area contributed by atoms with E-state index in [0.29, 0.717) is 12.1 Å². The first-order valence-electron chi connectivity index (χ1n) is 10.5. The molecule has 1 aromatic heterocycles. The second-order valence-corrected chi connectivity index (χ2v) is 8.98. The fourth-order valence-electron chi connectivity index (χ4n) is 4.63. The molecule has 168 valence electrons. The van der Waals surface area contributed by atoms with Gasteiger partial charge in [-0.25, -0.2) is 18.0 Å². The molecule has 0 radical (unpaired) electrons. The number of rotatable bonds is 5. The van der Waals surface area contributed by atoms with E-state index in [-0.39, 0.29) is 23.7 Å². The van der Waals surface area contributed by atoms with Crippen LogP contribution in [0.1, 0.15) is 49.2 Å². The average molecular weight is 442 g/mol. The highest BCUT2D eigenvalue weighted by Crippen LogP contribution is 2.43. The third-order valence-electron chi connectivity index (χ3n) is 5.87. The minimum absolute atomic E-state index is 0.00676. The Balaban J connectivity index is 1.92. The van der Waals surface area contributed by atoms with Gasteiger partial charge in [0.2, 0.25) is 0 Å². The Morgan fingerprint density at radius 1 is 1.25 bits per heavy atom. The molecule has 2 aromatic carbocycles. The highest BCUT2D eigenvalue weighted by atomic mass is 19.1. The van der Waals surface area contributed by atoms with E-state index in [0.717, 1.165) is 40.8 Å². The lowest BCUT2D eigenvalue weighted by Gasteiger charge is -2.43. The lowest BCUT2D eigenvalue weighted by molar-refractivity contribution is -0.131. The zero-order valence-corrected chi connectivity index (χ0v) is 18.1. The molecule has 0 spiro atoms. The van der Waals surface area contributed by atoms with E-state index in [1.807, 2.05) is 31.2 Å². The van der Waals surface area contributed by atoms with E-state index in [1.165, 1.54) is 13.8 Å². The summed E-state index contributed by atoms with van der Waals surface area (Å²) < 4.78 is 45.4. The van der Waals surface area contributed by atoms with Crippen molar-refractivity contribution in [2.75, 3.05) is 6.54 Å². The normalized spacial score (nSPS) is 19.6. The van der Waals surface area contributed by atoms with Crippen molar-refractivity contribution >= 4 is 22.9 Å². The van der Waals surface area contributed by atoms with Gasteiger partial charge in [-0.1, -0.05) is 18.2 Å². The zero-order chi connectivity index (χ0) is 23.2. The van der Waals surface area contributed by atoms with Gasteiger partial charge in [0.25, 0.3) is 0 Å². The monoisotopic (exact) mass is 442 g/mol. The molecule has 32 heavy (non-hydrogen) atoms. The number of para-hydroxylation sites is 1. The molecule has 0 saturated heterocycles. The number of nitrogens with zero attached hydrogens (tertiary/aromatic N) is 1. The van der Waals surface area contributed by atoms with E-state index >= 15 is 8.78 Å². The largest absolute Gasteiger partial charge is 0.478 e. The predicted molar refractivity (Wildman–Crippen MR) is 118 cm³/mol. The highest BCUT2D eigenvalue weighted by Gasteiger charge is 2.40. The van der Waals surface area contributed by atoms with Crippen molar-refractivity contribution in [1.82, 2.24) is 9.88 Å². The number of fused-ring (bicyclic) bond motifs is 3. The molecule has 2 N–H and O–H groups in total. The van der Waals surface area contributed by atoms with Crippen LogP contribution < -0.4 is 0 Å². The van der Waals surface area contributed by atoms with Crippen molar-refractivity contribution < 1.29 is 23.1 Å². The van der Waals surface area contributed by atoms with E-state index < -0.39 is 29.3 Å². The Labute approximate surface area is 184 Å². The van der Waals surface area contributed by atoms with Crippen molar-refractivity contribution in [2.45, 2.75) is 44.9 Å². The number of alkyl halides is 1. The van der Waals surface area contributed by atoms with Gasteiger partial charge in [-0.05, 0) is 62.6 Å². The predicted octanol–water partition coefficient (Wildman–Crippen LogP) is 5.63. The van der Waals surface area contributed by atoms with Crippen LogP contribution >= 0.6 is 0 Å². The molecule has 1 unspecified atom stereocenters. The Morgan fingerprint density at radius 3 is 2.53 bits per heavy atom. The molecular formula is C25H25F3N2O2. The second-order valence-electron chi connectivity index (χ2n) is 8.98. The van der Waals surface area contributed by atoms with Gasteiger partial charge in [-0.3, -0.25) is 4.90 Å². The molecule has 2 heterocycles. The molecule has 3 aromatic rings. The van der Waals surface area contributed by atoms with Crippen molar-refractivity contribution in [3.63, 3.8) is 0 Å². The van der Waals surface area contributed by atoms with Crippen LogP contribution in [0.3, 0.4) is 0 Å². The number of carbonyl (C=O) groups is 1. The van der Waals surface area contributed by atoms with Gasteiger partial charge in [-0.2, -0.15) is 0 Å². The van der Waals surface area contributed by atoms with E-state index in [4.69, 9.17) is 5.11 Å². The standard InChI is InChI=1S/C25H25F3N2O2/c1-14-10-17-16-6-4-5-7-20(16)29-23(17)24(30(14)13-25(2,3)28)22-18(26)11-15(12-19(22)27)8-9-21(31)32/h4-9,11-12,14,24,29H,10,13H2,1-3H3,(H,31,32)/b9-8+/t14-,24?/m1/s1. The van der Waals surface area contributed by atoms with Crippen LogP contribution in [0.2, 0.25) is 0 Å². The Kier molecular flexibility index (Phi) is 5.63. The van der Waals surface area contributed by atoms with Gasteiger partial charge in [0, 0.05) is 40.8 Å². The third kappa shape index (κ3) is 4.17. The molecule has 0 amide bonds. The number of aromatic amines is 1. The summed E-state index contributed by atoms with van der Waals surface area (Å²) in [5.74, 6) is -2.82. The number of halogens is 3. The van der Waals surface area contributed by atoms with Gasteiger partial charge < -0.3 is 10.1 Å². The summed E-state index contributed by atoms with van der Waals surface area (Å²) in [6.07, 6.45) is 2.58. The summed E-state index contributed by atoms with van der Waals surface area (Å²) in [5, 5.41) is 9.79. The molecule has 1 aliphatic rings. The van der Waals surface area contributed by atoms with Crippen LogP contribution in [-0.2, 0) is 11.2 Å². The number of aliphatic carboxylic acids is 1. The fraction of sp³-hybridized carbons (Fsp3) is 0.320. The van der Waals surface area contributed by atoms with Gasteiger partial charge in [0.1, 0.15) is 17.3 Å². The van der Waals surface area contributed by atoms with E-state index in [1.54, 1.807) is 4.90 Å². The van der Waals surface area contributed by atoms with E-state index in [2.05, 4.69) is 4.98 Å². The first kappa shape index (κ1) is 22.1. The number of carboxylic acid groups (broad SMARTS) is 1. The van der Waals surface area contributed by atoms with Crippen LogP contribution in [0.25, 0.3) is 17.0 Å². The number of aromatic nitrogens is 1. The first-order chi connectivity index (χ1) is 15.0. The minimum atomic E-state index is -1.58. The van der Waals surface area contributed by atoms with Crippen molar-refractivity contribution in [3.8, 4) is 0 Å². The molecule has 4 rings (SSSR count). The van der Waals surface area contributed by atoms with Gasteiger partial charge in [0.15, 0.2) is 0 Å². The van der Waals surface area contributed by atoms with Gasteiger partial charge in [0.05, 0.1) is 6.04 Å². The van der Waals surface area contributed by atoms with E-state index in [9.17, 15) is 9.18 Å². The summed E-state index contributed by atoms with van der Waals surface area (Å²) in [4.78, 5) is 15.9. The number of carboxylic acids is 1. The lowest BCUT2D eigenvalue weighted by Crippen LogP contribution is -2.48. The SMILES string of the molecule is C[C@@H]1Cc2c([nH]c3ccccc23)C(c2c(F)cc(/C=C/C(=O)O)cc2F)N1CC(C)(C)F. The molecule has 0 fully saturated rings. The quantitative estimate of drug-likeness (QED) is 0.504. The van der Waals surface area contributed by atoms with Crippen LogP contribution in [0.15, 0.2) is 42.5 Å². The molecule has 4 nitrogen and oxygen atoms in total. The highest BCUT2D eigenvalue weighted by molar-refractivity contribution is 5.86. The summed E-state index contributed by atoms with van der Waals surface area (Å²) >= 11 is 0. The van der Waals surface area contributed by atoms with Crippen LogP contribution in [0.4, 0.5) is 13.2 Å². The average Bonchev–Trinajstić information content (AvgIpc) is 3.05. The Bertz CT molecular complexity index is 1190. The number of nitrogens with one attached hydrogen (secondary N) is 1. The van der Waals surface area contributed by atoms with Crippen LogP contribution in [-0.4, -0.2) is 39.2 Å². The van der Waals surface area contributed by atoms with Crippen molar-refractivity contribution in [3.05, 3.63) is 76.5 Å². The first-order valence-corrected chi connectivity index (χ1v) is 10.5. The summed E-state index contributed by atoms with van der Waals surface area (Å²) in [6.45, 7) is 4.82. The second kappa shape index (κ2) is 8.13. The Hall–Kier alpha value is -3.06. The third-order valence-corrected chi connectivity index (χ3v) is 5.87. The summed E-state index contributed by atoms with van der Waals surface area (Å²) in [6, 6.07) is 8.88. The summed E-state index contributed by atoms with van der Waals surface area (Å²) in [7, 11) is 0. The van der Waals surface area contributed by atoms with Crippen molar-refractivity contribution in [2.24, 2.45) is 0 Å². The Morgan fingerprint density at radius 2 is 1.91 bits per heavy atom. The van der Waals surface area contributed by atoms with Gasteiger partial charge >= 0.3 is 5.97 Å². The maximum absolute atomic E-state index is 15.3. The molecular weight excluding hydrogens is 417 g/mol. The number of hydrogen-bond acceptors (Lipinski definition) is 2. The van der Waals surface area contributed by atoms with Crippen LogP contribution in [0, 0.1) is 11.6 Å². The van der Waals surface area contributed by atoms with Crippen molar-refractivity contribution in [1.29, 1.82) is 0 Å². The van der Waals surface area contributed by atoms with Gasteiger partial charge in [-0.15, -0.1) is 0 Å². The molecule has 0 saturated carbocycles. The maximum atomic E-state index is 15.3. The molecule has 7 heteroatoms. The fourth-order valence-corrected chi connectivity index (χ4v) is 4.63. The minimum Gasteiger partial charge on any atom is -0.478 e. The number of hydrogen-bond donors (Lipinski definition) is 2. The maximum Gasteiger partial charge on any atom is 0.328 e. The lowest BCUT2D eigenvalue weighted by atomic mass is 9.87. The van der Waals surface area contributed by atoms with Crippen LogP contribution in [0.5, 0.6) is 0 Å².